The molecule has 0 aliphatic rings. The highest BCUT2D eigenvalue weighted by atomic mass is 35.5. The van der Waals surface area contributed by atoms with Crippen LogP contribution in [0.1, 0.15) is 22.8 Å². The second kappa shape index (κ2) is 5.65. The van der Waals surface area contributed by atoms with E-state index in [1.54, 1.807) is 35.3 Å². The Balaban J connectivity index is 2.11. The van der Waals surface area contributed by atoms with E-state index in [0.29, 0.717) is 10.6 Å². The molecule has 92 valence electrons. The van der Waals surface area contributed by atoms with Gasteiger partial charge in [-0.3, -0.25) is 9.48 Å². The number of allylic oxidation sites excluding steroid dienone is 1. The van der Waals surface area contributed by atoms with Crippen LogP contribution in [0.3, 0.4) is 0 Å². The van der Waals surface area contributed by atoms with Crippen molar-refractivity contribution in [2.24, 2.45) is 0 Å². The second-order valence-corrected chi connectivity index (χ2v) is 4.27. The molecule has 0 spiro atoms. The Morgan fingerprint density at radius 2 is 2.33 bits per heavy atom. The second-order valence-electron chi connectivity index (χ2n) is 3.84. The van der Waals surface area contributed by atoms with Crippen LogP contribution in [0.15, 0.2) is 42.7 Å². The summed E-state index contributed by atoms with van der Waals surface area (Å²) in [4.78, 5) is 11.9. The van der Waals surface area contributed by atoms with E-state index in [0.717, 1.165) is 12.1 Å². The van der Waals surface area contributed by atoms with Crippen molar-refractivity contribution in [3.05, 3.63) is 58.9 Å². The van der Waals surface area contributed by atoms with Gasteiger partial charge in [-0.1, -0.05) is 29.8 Å². The molecule has 0 amide bonds. The third-order valence-corrected chi connectivity index (χ3v) is 2.75. The number of aromatic nitrogens is 2. The molecule has 4 heteroatoms. The van der Waals surface area contributed by atoms with Crippen molar-refractivity contribution < 1.29 is 4.79 Å². The Morgan fingerprint density at radius 3 is 3.00 bits per heavy atom. The lowest BCUT2D eigenvalue weighted by atomic mass is 10.1. The molecule has 0 aliphatic heterocycles. The quantitative estimate of drug-likeness (QED) is 0.623. The van der Waals surface area contributed by atoms with Crippen molar-refractivity contribution in [1.82, 2.24) is 9.78 Å². The fraction of sp³-hybridized carbons (Fsp3) is 0.143. The van der Waals surface area contributed by atoms with Gasteiger partial charge >= 0.3 is 0 Å². The smallest absolute Gasteiger partial charge is 0.189 e. The summed E-state index contributed by atoms with van der Waals surface area (Å²) in [6.07, 6.45) is 6.60. The van der Waals surface area contributed by atoms with E-state index >= 15 is 0 Å². The molecule has 2 aromatic rings. The van der Waals surface area contributed by atoms with Gasteiger partial charge < -0.3 is 0 Å². The lowest BCUT2D eigenvalue weighted by Gasteiger charge is -1.94. The topological polar surface area (TPSA) is 34.9 Å². The van der Waals surface area contributed by atoms with E-state index in [1.807, 2.05) is 19.1 Å². The minimum absolute atomic E-state index is 0.0605. The summed E-state index contributed by atoms with van der Waals surface area (Å²) in [7, 11) is 0. The first-order valence-electron chi connectivity index (χ1n) is 5.69. The van der Waals surface area contributed by atoms with Crippen molar-refractivity contribution in [2.75, 3.05) is 0 Å². The lowest BCUT2D eigenvalue weighted by molar-refractivity contribution is 0.104. The first-order valence-corrected chi connectivity index (χ1v) is 6.07. The van der Waals surface area contributed by atoms with Crippen molar-refractivity contribution in [1.29, 1.82) is 0 Å². The third-order valence-electron chi connectivity index (χ3n) is 2.52. The van der Waals surface area contributed by atoms with Crippen molar-refractivity contribution >= 4 is 23.5 Å². The molecule has 3 nitrogen and oxygen atoms in total. The number of aryl methyl sites for hydroxylation is 1. The molecule has 0 radical (unpaired) electrons. The first-order chi connectivity index (χ1) is 8.69. The minimum atomic E-state index is -0.0605. The monoisotopic (exact) mass is 260 g/mol. The van der Waals surface area contributed by atoms with E-state index in [2.05, 4.69) is 5.10 Å². The molecule has 0 atom stereocenters. The molecule has 0 N–H and O–H groups in total. The Hall–Kier alpha value is -1.87. The van der Waals surface area contributed by atoms with Crippen LogP contribution in [0, 0.1) is 0 Å². The highest BCUT2D eigenvalue weighted by Crippen LogP contribution is 2.12. The molecule has 0 fully saturated rings. The number of hydrogen-bond acceptors (Lipinski definition) is 2. The molecule has 0 saturated heterocycles. The molecule has 1 heterocycles. The van der Waals surface area contributed by atoms with E-state index in [1.165, 1.54) is 6.08 Å². The molecular formula is C14H13ClN2O. The van der Waals surface area contributed by atoms with Crippen LogP contribution in [0.2, 0.25) is 5.02 Å². The lowest BCUT2D eigenvalue weighted by Crippen LogP contribution is -1.94. The summed E-state index contributed by atoms with van der Waals surface area (Å²) >= 11 is 5.87. The molecule has 1 aromatic carbocycles. The van der Waals surface area contributed by atoms with Gasteiger partial charge in [-0.25, -0.2) is 0 Å². The van der Waals surface area contributed by atoms with Gasteiger partial charge in [0, 0.05) is 17.8 Å². The summed E-state index contributed by atoms with van der Waals surface area (Å²) in [6, 6.07) is 7.35. The molecule has 18 heavy (non-hydrogen) atoms. The van der Waals surface area contributed by atoms with Crippen LogP contribution in [0.4, 0.5) is 0 Å². The molecule has 0 bridgehead atoms. The maximum Gasteiger partial charge on any atom is 0.189 e. The van der Waals surface area contributed by atoms with Gasteiger partial charge in [-0.05, 0) is 30.7 Å². The van der Waals surface area contributed by atoms with Crippen molar-refractivity contribution in [3.8, 4) is 0 Å². The minimum Gasteiger partial charge on any atom is -0.289 e. The predicted molar refractivity (Wildman–Crippen MR) is 72.7 cm³/mol. The van der Waals surface area contributed by atoms with Crippen LogP contribution in [-0.2, 0) is 6.54 Å². The van der Waals surface area contributed by atoms with Crippen LogP contribution in [-0.4, -0.2) is 15.6 Å². The number of halogens is 1. The SMILES string of the molecule is CCn1cc(C(=O)/C=C/c2cccc(Cl)c2)cn1. The third kappa shape index (κ3) is 3.08. The van der Waals surface area contributed by atoms with Crippen molar-refractivity contribution in [2.45, 2.75) is 13.5 Å². The van der Waals surface area contributed by atoms with Gasteiger partial charge in [0.2, 0.25) is 0 Å². The number of nitrogens with zero attached hydrogens (tertiary/aromatic N) is 2. The fourth-order valence-electron chi connectivity index (χ4n) is 1.54. The van der Waals surface area contributed by atoms with Gasteiger partial charge in [-0.2, -0.15) is 5.10 Å². The normalized spacial score (nSPS) is 11.0. The van der Waals surface area contributed by atoms with Gasteiger partial charge in [-0.15, -0.1) is 0 Å². The molecule has 2 rings (SSSR count). The Bertz CT molecular complexity index is 587. The summed E-state index contributed by atoms with van der Waals surface area (Å²) in [6.45, 7) is 2.73. The van der Waals surface area contributed by atoms with Crippen LogP contribution >= 0.6 is 11.6 Å². The zero-order valence-electron chi connectivity index (χ0n) is 10.0. The standard InChI is InChI=1S/C14H13ClN2O/c1-2-17-10-12(9-16-17)14(18)7-6-11-4-3-5-13(15)8-11/h3-10H,2H2,1H3/b7-6+. The van der Waals surface area contributed by atoms with E-state index < -0.39 is 0 Å². The van der Waals surface area contributed by atoms with Gasteiger partial charge in [0.05, 0.1) is 11.8 Å². The number of carbonyl (C=O) groups excluding carboxylic acids is 1. The van der Waals surface area contributed by atoms with Crippen LogP contribution in [0.25, 0.3) is 6.08 Å². The zero-order chi connectivity index (χ0) is 13.0. The maximum atomic E-state index is 11.9. The predicted octanol–water partition coefficient (Wildman–Crippen LogP) is 3.45. The molecule has 1 aromatic heterocycles. The fourth-order valence-corrected chi connectivity index (χ4v) is 1.74. The number of carbonyl (C=O) groups is 1. The summed E-state index contributed by atoms with van der Waals surface area (Å²) in [5, 5.41) is 4.72. The number of ketones is 1. The average molecular weight is 261 g/mol. The van der Waals surface area contributed by atoms with Crippen molar-refractivity contribution in [3.63, 3.8) is 0 Å². The molecule has 0 aliphatic carbocycles. The van der Waals surface area contributed by atoms with E-state index in [-0.39, 0.29) is 5.78 Å². The summed E-state index contributed by atoms with van der Waals surface area (Å²) in [5.41, 5.74) is 1.49. The Labute approximate surface area is 111 Å². The summed E-state index contributed by atoms with van der Waals surface area (Å²) < 4.78 is 1.72. The van der Waals surface area contributed by atoms with Crippen LogP contribution < -0.4 is 0 Å². The molecule has 0 saturated carbocycles. The maximum absolute atomic E-state index is 11.9. The van der Waals surface area contributed by atoms with Gasteiger partial charge in [0.15, 0.2) is 5.78 Å². The number of hydrogen-bond donors (Lipinski definition) is 0. The molecule has 0 unspecified atom stereocenters. The Morgan fingerprint density at radius 1 is 1.50 bits per heavy atom. The highest BCUT2D eigenvalue weighted by molar-refractivity contribution is 6.30. The number of rotatable bonds is 4. The van der Waals surface area contributed by atoms with E-state index in [4.69, 9.17) is 11.6 Å². The average Bonchev–Trinajstić information content (AvgIpc) is 2.85. The van der Waals surface area contributed by atoms with Gasteiger partial charge in [0.25, 0.3) is 0 Å². The van der Waals surface area contributed by atoms with Gasteiger partial charge in [0.1, 0.15) is 0 Å². The zero-order valence-corrected chi connectivity index (χ0v) is 10.8. The number of benzene rings is 1. The highest BCUT2D eigenvalue weighted by Gasteiger charge is 2.04. The van der Waals surface area contributed by atoms with Crippen LogP contribution in [0.5, 0.6) is 0 Å². The summed E-state index contributed by atoms with van der Waals surface area (Å²) in [5.74, 6) is -0.0605. The Kier molecular flexibility index (Phi) is 3.95. The first kappa shape index (κ1) is 12.6. The largest absolute Gasteiger partial charge is 0.289 e. The van der Waals surface area contributed by atoms with E-state index in [9.17, 15) is 4.79 Å². The molecular weight excluding hydrogens is 248 g/mol.